The summed E-state index contributed by atoms with van der Waals surface area (Å²) in [6, 6.07) is 0. The summed E-state index contributed by atoms with van der Waals surface area (Å²) in [7, 11) is 1.42. The van der Waals surface area contributed by atoms with Gasteiger partial charge in [-0.2, -0.15) is 0 Å². The van der Waals surface area contributed by atoms with Crippen LogP contribution in [0.3, 0.4) is 0 Å². The van der Waals surface area contributed by atoms with Crippen molar-refractivity contribution < 1.29 is 14.3 Å². The van der Waals surface area contributed by atoms with Gasteiger partial charge in [-0.1, -0.05) is 20.3 Å². The molecule has 1 fully saturated rings. The van der Waals surface area contributed by atoms with Gasteiger partial charge in [-0.15, -0.1) is 0 Å². The molecule has 4 nitrogen and oxygen atoms in total. The van der Waals surface area contributed by atoms with Gasteiger partial charge >= 0.3 is 5.97 Å². The Morgan fingerprint density at radius 3 is 3.00 bits per heavy atom. The Hall–Kier alpha value is -0.610. The largest absolute Gasteiger partial charge is 0.469 e. The fourth-order valence-electron chi connectivity index (χ4n) is 1.91. The standard InChI is InChI=1S/C12H23NO3/c1-4-10(2)8-13-5-6-16-11(9-13)7-12(14)15-3/h10-11H,4-9H2,1-3H3. The monoisotopic (exact) mass is 229 g/mol. The van der Waals surface area contributed by atoms with Crippen molar-refractivity contribution in [2.45, 2.75) is 32.8 Å². The summed E-state index contributed by atoms with van der Waals surface area (Å²) >= 11 is 0. The van der Waals surface area contributed by atoms with Crippen LogP contribution in [0.25, 0.3) is 0 Å². The molecule has 2 atom stereocenters. The van der Waals surface area contributed by atoms with E-state index in [-0.39, 0.29) is 12.1 Å². The van der Waals surface area contributed by atoms with Crippen molar-refractivity contribution in [3.63, 3.8) is 0 Å². The molecular formula is C12H23NO3. The number of hydrogen-bond acceptors (Lipinski definition) is 4. The summed E-state index contributed by atoms with van der Waals surface area (Å²) in [5.41, 5.74) is 0. The van der Waals surface area contributed by atoms with Crippen LogP contribution in [-0.2, 0) is 14.3 Å². The van der Waals surface area contributed by atoms with E-state index in [1.54, 1.807) is 0 Å². The predicted octanol–water partition coefficient (Wildman–Crippen LogP) is 1.30. The van der Waals surface area contributed by atoms with Crippen molar-refractivity contribution >= 4 is 5.97 Å². The first-order chi connectivity index (χ1) is 7.65. The number of esters is 1. The Bertz CT molecular complexity index is 220. The van der Waals surface area contributed by atoms with Crippen LogP contribution in [0.2, 0.25) is 0 Å². The maximum atomic E-state index is 11.1. The first kappa shape index (κ1) is 13.5. The molecule has 1 heterocycles. The Balaban J connectivity index is 2.32. The summed E-state index contributed by atoms with van der Waals surface area (Å²) in [4.78, 5) is 13.5. The fraction of sp³-hybridized carbons (Fsp3) is 0.917. The highest BCUT2D eigenvalue weighted by Gasteiger charge is 2.23. The fourth-order valence-corrected chi connectivity index (χ4v) is 1.91. The van der Waals surface area contributed by atoms with Crippen LogP contribution < -0.4 is 0 Å². The molecule has 0 aromatic rings. The average Bonchev–Trinajstić information content (AvgIpc) is 2.29. The molecule has 0 saturated carbocycles. The summed E-state index contributed by atoms with van der Waals surface area (Å²) in [6.07, 6.45) is 1.57. The molecule has 0 radical (unpaired) electrons. The minimum atomic E-state index is -0.185. The van der Waals surface area contributed by atoms with E-state index >= 15 is 0 Å². The molecule has 0 bridgehead atoms. The van der Waals surface area contributed by atoms with Crippen molar-refractivity contribution in [3.8, 4) is 0 Å². The third-order valence-corrected chi connectivity index (χ3v) is 3.11. The maximum Gasteiger partial charge on any atom is 0.308 e. The Kier molecular flexibility index (Phi) is 5.77. The molecule has 0 aromatic carbocycles. The van der Waals surface area contributed by atoms with E-state index in [9.17, 15) is 4.79 Å². The van der Waals surface area contributed by atoms with Crippen molar-refractivity contribution in [1.29, 1.82) is 0 Å². The zero-order valence-electron chi connectivity index (χ0n) is 10.6. The molecule has 1 aliphatic heterocycles. The van der Waals surface area contributed by atoms with Crippen LogP contribution in [0, 0.1) is 5.92 Å². The first-order valence-corrected chi connectivity index (χ1v) is 6.06. The number of carbonyl (C=O) groups is 1. The second-order valence-electron chi connectivity index (χ2n) is 4.55. The van der Waals surface area contributed by atoms with E-state index in [1.165, 1.54) is 13.5 Å². The lowest BCUT2D eigenvalue weighted by molar-refractivity contribution is -0.145. The lowest BCUT2D eigenvalue weighted by atomic mass is 10.1. The Labute approximate surface area is 97.9 Å². The van der Waals surface area contributed by atoms with E-state index in [2.05, 4.69) is 23.5 Å². The number of ether oxygens (including phenoxy) is 2. The lowest BCUT2D eigenvalue weighted by Crippen LogP contribution is -2.44. The first-order valence-electron chi connectivity index (χ1n) is 6.06. The van der Waals surface area contributed by atoms with Crippen LogP contribution >= 0.6 is 0 Å². The van der Waals surface area contributed by atoms with Gasteiger partial charge in [0.1, 0.15) is 0 Å². The van der Waals surface area contributed by atoms with Gasteiger partial charge in [0.2, 0.25) is 0 Å². The van der Waals surface area contributed by atoms with Gasteiger partial charge in [-0.3, -0.25) is 9.69 Å². The zero-order chi connectivity index (χ0) is 12.0. The third kappa shape index (κ3) is 4.49. The van der Waals surface area contributed by atoms with Gasteiger partial charge in [0, 0.05) is 19.6 Å². The highest BCUT2D eigenvalue weighted by atomic mass is 16.5. The van der Waals surface area contributed by atoms with Gasteiger partial charge in [0.25, 0.3) is 0 Å². The Morgan fingerprint density at radius 2 is 2.38 bits per heavy atom. The van der Waals surface area contributed by atoms with E-state index in [1.807, 2.05) is 0 Å². The molecular weight excluding hydrogens is 206 g/mol. The van der Waals surface area contributed by atoms with Crippen molar-refractivity contribution in [1.82, 2.24) is 4.90 Å². The van der Waals surface area contributed by atoms with E-state index in [0.717, 1.165) is 26.2 Å². The second-order valence-corrected chi connectivity index (χ2v) is 4.55. The number of methoxy groups -OCH3 is 1. The average molecular weight is 229 g/mol. The molecule has 0 N–H and O–H groups in total. The van der Waals surface area contributed by atoms with Crippen LogP contribution in [0.15, 0.2) is 0 Å². The van der Waals surface area contributed by atoms with Crippen LogP contribution in [0.4, 0.5) is 0 Å². The molecule has 4 heteroatoms. The van der Waals surface area contributed by atoms with E-state index < -0.39 is 0 Å². The molecule has 0 amide bonds. The van der Waals surface area contributed by atoms with Gasteiger partial charge in [0.15, 0.2) is 0 Å². The molecule has 94 valence electrons. The molecule has 1 rings (SSSR count). The number of nitrogens with zero attached hydrogens (tertiary/aromatic N) is 1. The molecule has 0 spiro atoms. The zero-order valence-corrected chi connectivity index (χ0v) is 10.6. The maximum absolute atomic E-state index is 11.1. The molecule has 16 heavy (non-hydrogen) atoms. The topological polar surface area (TPSA) is 38.8 Å². The molecule has 0 aromatic heterocycles. The summed E-state index contributed by atoms with van der Waals surface area (Å²) in [5, 5.41) is 0. The normalized spacial score (nSPS) is 24.1. The predicted molar refractivity (Wildman–Crippen MR) is 62.3 cm³/mol. The minimum Gasteiger partial charge on any atom is -0.469 e. The smallest absolute Gasteiger partial charge is 0.308 e. The number of morpholine rings is 1. The molecule has 1 saturated heterocycles. The van der Waals surface area contributed by atoms with E-state index in [4.69, 9.17) is 4.74 Å². The molecule has 1 aliphatic rings. The third-order valence-electron chi connectivity index (χ3n) is 3.11. The summed E-state index contributed by atoms with van der Waals surface area (Å²) in [5.74, 6) is 0.521. The second kappa shape index (κ2) is 6.86. The van der Waals surface area contributed by atoms with E-state index in [0.29, 0.717) is 12.3 Å². The quantitative estimate of drug-likeness (QED) is 0.666. The molecule has 2 unspecified atom stereocenters. The van der Waals surface area contributed by atoms with Crippen LogP contribution in [0.5, 0.6) is 0 Å². The molecule has 0 aliphatic carbocycles. The number of hydrogen-bond donors (Lipinski definition) is 0. The van der Waals surface area contributed by atoms with Crippen molar-refractivity contribution in [2.75, 3.05) is 33.4 Å². The van der Waals surface area contributed by atoms with Crippen LogP contribution in [0.1, 0.15) is 26.7 Å². The number of carbonyl (C=O) groups excluding carboxylic acids is 1. The highest BCUT2D eigenvalue weighted by Crippen LogP contribution is 2.12. The van der Waals surface area contributed by atoms with Crippen molar-refractivity contribution in [3.05, 3.63) is 0 Å². The van der Waals surface area contributed by atoms with Crippen molar-refractivity contribution in [2.24, 2.45) is 5.92 Å². The minimum absolute atomic E-state index is 0.00487. The van der Waals surface area contributed by atoms with Gasteiger partial charge in [0.05, 0.1) is 26.2 Å². The van der Waals surface area contributed by atoms with Gasteiger partial charge in [-0.25, -0.2) is 0 Å². The van der Waals surface area contributed by atoms with Crippen LogP contribution in [-0.4, -0.2) is 50.3 Å². The Morgan fingerprint density at radius 1 is 1.62 bits per heavy atom. The number of rotatable bonds is 5. The summed E-state index contributed by atoms with van der Waals surface area (Å²) < 4.78 is 10.2. The highest BCUT2D eigenvalue weighted by molar-refractivity contribution is 5.69. The summed E-state index contributed by atoms with van der Waals surface area (Å²) in [6.45, 7) is 8.10. The lowest BCUT2D eigenvalue weighted by Gasteiger charge is -2.33. The SMILES string of the molecule is CCC(C)CN1CCOC(CC(=O)OC)C1. The van der Waals surface area contributed by atoms with Gasteiger partial charge < -0.3 is 9.47 Å². The van der Waals surface area contributed by atoms with Gasteiger partial charge in [-0.05, 0) is 5.92 Å².